The van der Waals surface area contributed by atoms with Crippen LogP contribution in [-0.4, -0.2) is 47.1 Å². The fourth-order valence-electron chi connectivity index (χ4n) is 4.01. The molecule has 1 heterocycles. The zero-order valence-electron chi connectivity index (χ0n) is 16.6. The number of hydrogen-bond donors (Lipinski definition) is 2. The summed E-state index contributed by atoms with van der Waals surface area (Å²) in [7, 11) is 0. The van der Waals surface area contributed by atoms with Crippen LogP contribution < -0.4 is 10.6 Å². The minimum atomic E-state index is -0.876. The van der Waals surface area contributed by atoms with E-state index in [1.165, 1.54) is 12.0 Å². The number of nitrogens with zero attached hydrogens (tertiary/aromatic N) is 1. The highest BCUT2D eigenvalue weighted by Crippen LogP contribution is 2.36. The highest BCUT2D eigenvalue weighted by molar-refractivity contribution is 7.99. The molecule has 0 spiro atoms. The first kappa shape index (κ1) is 20.7. The predicted molar refractivity (Wildman–Crippen MR) is 110 cm³/mol. The summed E-state index contributed by atoms with van der Waals surface area (Å²) in [5, 5.41) is 5.66. The van der Waals surface area contributed by atoms with Crippen LogP contribution in [-0.2, 0) is 9.59 Å². The van der Waals surface area contributed by atoms with Gasteiger partial charge in [0.2, 0.25) is 5.91 Å². The summed E-state index contributed by atoms with van der Waals surface area (Å²) in [4.78, 5) is 39.7. The molecule has 0 radical (unpaired) electrons. The van der Waals surface area contributed by atoms with E-state index in [0.29, 0.717) is 6.54 Å². The molecular formula is C21H29N3O3S. The molecule has 0 aromatic heterocycles. The average molecular weight is 404 g/mol. The molecule has 28 heavy (non-hydrogen) atoms. The third-order valence-electron chi connectivity index (χ3n) is 5.74. The molecule has 1 aromatic carbocycles. The van der Waals surface area contributed by atoms with E-state index in [9.17, 15) is 14.4 Å². The van der Waals surface area contributed by atoms with E-state index in [1.807, 2.05) is 6.92 Å². The number of imide groups is 1. The predicted octanol–water partition coefficient (Wildman–Crippen LogP) is 3.09. The highest BCUT2D eigenvalue weighted by Gasteiger charge is 2.52. The number of rotatable bonds is 7. The largest absolute Gasteiger partial charge is 0.354 e. The lowest BCUT2D eigenvalue weighted by Gasteiger charge is -2.34. The first-order chi connectivity index (χ1) is 13.4. The standard InChI is InChI=1S/C21H29N3O3S/c1-15-8-10-17(11-9-15)28-13-12-22-18(25)14-24-19(26)21(2,23-20(24)27)16-6-4-3-5-7-16/h8-11,16H,3-7,12-14H2,1-2H3,(H,22,25)(H,23,27)/t21-/m0/s1. The lowest BCUT2D eigenvalue weighted by atomic mass is 9.75. The van der Waals surface area contributed by atoms with Crippen molar-refractivity contribution in [3.8, 4) is 0 Å². The van der Waals surface area contributed by atoms with E-state index in [4.69, 9.17) is 0 Å². The van der Waals surface area contributed by atoms with E-state index in [0.717, 1.165) is 41.2 Å². The molecule has 2 fully saturated rings. The van der Waals surface area contributed by atoms with Crippen LogP contribution in [0, 0.1) is 12.8 Å². The van der Waals surface area contributed by atoms with Gasteiger partial charge in [-0.05, 0) is 44.7 Å². The Kier molecular flexibility index (Phi) is 6.65. The molecule has 0 unspecified atom stereocenters. The first-order valence-electron chi connectivity index (χ1n) is 10.0. The zero-order valence-corrected chi connectivity index (χ0v) is 17.4. The van der Waals surface area contributed by atoms with Crippen molar-refractivity contribution >= 4 is 29.6 Å². The van der Waals surface area contributed by atoms with E-state index < -0.39 is 11.6 Å². The SMILES string of the molecule is Cc1ccc(SCCNC(=O)CN2C(=O)N[C@@](C)(C3CCCCC3)C2=O)cc1. The van der Waals surface area contributed by atoms with Gasteiger partial charge in [-0.25, -0.2) is 4.79 Å². The van der Waals surface area contributed by atoms with Crippen molar-refractivity contribution in [3.63, 3.8) is 0 Å². The van der Waals surface area contributed by atoms with Gasteiger partial charge in [0.25, 0.3) is 5.91 Å². The Hall–Kier alpha value is -2.02. The summed E-state index contributed by atoms with van der Waals surface area (Å²) < 4.78 is 0. The molecule has 1 atom stereocenters. The number of carbonyl (C=O) groups is 3. The number of benzene rings is 1. The van der Waals surface area contributed by atoms with Crippen LogP contribution in [0.25, 0.3) is 0 Å². The average Bonchev–Trinajstić information content (AvgIpc) is 2.91. The number of thioether (sulfide) groups is 1. The first-order valence-corrected chi connectivity index (χ1v) is 11.0. The second-order valence-electron chi connectivity index (χ2n) is 7.87. The van der Waals surface area contributed by atoms with Crippen molar-refractivity contribution in [3.05, 3.63) is 29.8 Å². The Morgan fingerprint density at radius 3 is 2.57 bits per heavy atom. The quantitative estimate of drug-likeness (QED) is 0.417. The lowest BCUT2D eigenvalue weighted by molar-refractivity contribution is -0.136. The Balaban J connectivity index is 1.46. The van der Waals surface area contributed by atoms with Crippen LogP contribution in [0.15, 0.2) is 29.2 Å². The number of amides is 4. The lowest BCUT2D eigenvalue weighted by Crippen LogP contribution is -2.51. The maximum absolute atomic E-state index is 12.9. The van der Waals surface area contributed by atoms with Crippen molar-refractivity contribution in [1.82, 2.24) is 15.5 Å². The van der Waals surface area contributed by atoms with Gasteiger partial charge in [0, 0.05) is 17.2 Å². The highest BCUT2D eigenvalue weighted by atomic mass is 32.2. The molecule has 3 rings (SSSR count). The summed E-state index contributed by atoms with van der Waals surface area (Å²) in [6.45, 7) is 4.12. The van der Waals surface area contributed by atoms with Crippen LogP contribution in [0.2, 0.25) is 0 Å². The molecule has 152 valence electrons. The van der Waals surface area contributed by atoms with Crippen LogP contribution in [0.3, 0.4) is 0 Å². The molecule has 7 heteroatoms. The van der Waals surface area contributed by atoms with Gasteiger partial charge in [-0.1, -0.05) is 37.0 Å². The topological polar surface area (TPSA) is 78.5 Å². The second-order valence-corrected chi connectivity index (χ2v) is 9.04. The molecule has 1 aromatic rings. The molecule has 1 aliphatic carbocycles. The monoisotopic (exact) mass is 403 g/mol. The third-order valence-corrected chi connectivity index (χ3v) is 6.75. The summed E-state index contributed by atoms with van der Waals surface area (Å²) in [5.74, 6) is 0.306. The molecule has 6 nitrogen and oxygen atoms in total. The van der Waals surface area contributed by atoms with Crippen LogP contribution in [0.4, 0.5) is 4.79 Å². The molecule has 1 aliphatic heterocycles. The van der Waals surface area contributed by atoms with E-state index >= 15 is 0 Å². The fourth-order valence-corrected chi connectivity index (χ4v) is 4.78. The number of urea groups is 1. The smallest absolute Gasteiger partial charge is 0.325 e. The van der Waals surface area contributed by atoms with Crippen molar-refractivity contribution < 1.29 is 14.4 Å². The Labute approximate surface area is 170 Å². The second kappa shape index (κ2) is 8.99. The minimum Gasteiger partial charge on any atom is -0.354 e. The Bertz CT molecular complexity index is 731. The van der Waals surface area contributed by atoms with E-state index in [2.05, 4.69) is 34.9 Å². The van der Waals surface area contributed by atoms with Gasteiger partial charge in [0.05, 0.1) is 0 Å². The van der Waals surface area contributed by atoms with E-state index in [-0.39, 0.29) is 24.3 Å². The molecule has 4 amide bonds. The summed E-state index contributed by atoms with van der Waals surface area (Å²) >= 11 is 1.66. The maximum atomic E-state index is 12.9. The molecule has 1 saturated carbocycles. The number of aryl methyl sites for hydroxylation is 1. The van der Waals surface area contributed by atoms with Crippen LogP contribution in [0.5, 0.6) is 0 Å². The van der Waals surface area contributed by atoms with Gasteiger partial charge in [0.1, 0.15) is 12.1 Å². The zero-order chi connectivity index (χ0) is 20.1. The van der Waals surface area contributed by atoms with Crippen molar-refractivity contribution in [1.29, 1.82) is 0 Å². The van der Waals surface area contributed by atoms with Gasteiger partial charge in [-0.2, -0.15) is 0 Å². The van der Waals surface area contributed by atoms with Gasteiger partial charge >= 0.3 is 6.03 Å². The van der Waals surface area contributed by atoms with Gasteiger partial charge in [-0.15, -0.1) is 11.8 Å². The molecule has 2 aliphatic rings. The van der Waals surface area contributed by atoms with E-state index in [1.54, 1.807) is 18.7 Å². The number of nitrogens with one attached hydrogen (secondary N) is 2. The summed E-state index contributed by atoms with van der Waals surface area (Å²) in [6, 6.07) is 7.77. The molecule has 0 bridgehead atoms. The Morgan fingerprint density at radius 2 is 1.89 bits per heavy atom. The number of hydrogen-bond acceptors (Lipinski definition) is 4. The van der Waals surface area contributed by atoms with Gasteiger partial charge < -0.3 is 10.6 Å². The number of carbonyl (C=O) groups excluding carboxylic acids is 3. The molecule has 2 N–H and O–H groups in total. The van der Waals surface area contributed by atoms with Crippen molar-refractivity contribution in [2.24, 2.45) is 5.92 Å². The minimum absolute atomic E-state index is 0.150. The van der Waals surface area contributed by atoms with Gasteiger partial charge in [-0.3, -0.25) is 14.5 Å². The normalized spacial score (nSPS) is 23.0. The van der Waals surface area contributed by atoms with Crippen LogP contribution >= 0.6 is 11.8 Å². The van der Waals surface area contributed by atoms with Gasteiger partial charge in [0.15, 0.2) is 0 Å². The molecular weight excluding hydrogens is 374 g/mol. The maximum Gasteiger partial charge on any atom is 0.325 e. The summed E-state index contributed by atoms with van der Waals surface area (Å²) in [6.07, 6.45) is 5.24. The summed E-state index contributed by atoms with van der Waals surface area (Å²) in [5.41, 5.74) is 0.338. The third kappa shape index (κ3) is 4.69. The van der Waals surface area contributed by atoms with Crippen molar-refractivity contribution in [2.75, 3.05) is 18.8 Å². The van der Waals surface area contributed by atoms with Crippen LogP contribution in [0.1, 0.15) is 44.6 Å². The fraction of sp³-hybridized carbons (Fsp3) is 0.571. The molecule has 1 saturated heterocycles. The van der Waals surface area contributed by atoms with Crippen molar-refractivity contribution in [2.45, 2.75) is 56.4 Å². The Morgan fingerprint density at radius 1 is 1.21 bits per heavy atom.